The number of halogens is 1. The van der Waals surface area contributed by atoms with E-state index in [9.17, 15) is 9.18 Å². The third kappa shape index (κ3) is 3.43. The van der Waals surface area contributed by atoms with Crippen molar-refractivity contribution in [3.05, 3.63) is 58.0 Å². The molecule has 0 aliphatic carbocycles. The molecule has 0 unspecified atom stereocenters. The molecule has 0 spiro atoms. The van der Waals surface area contributed by atoms with Crippen molar-refractivity contribution in [1.82, 2.24) is 0 Å². The van der Waals surface area contributed by atoms with Gasteiger partial charge in [0.2, 0.25) is 0 Å². The van der Waals surface area contributed by atoms with Gasteiger partial charge in [0.1, 0.15) is 5.82 Å². The van der Waals surface area contributed by atoms with E-state index in [0.717, 1.165) is 5.56 Å². The Labute approximate surface area is 132 Å². The van der Waals surface area contributed by atoms with Crippen LogP contribution in [0, 0.1) is 5.82 Å². The summed E-state index contributed by atoms with van der Waals surface area (Å²) in [6.07, 6.45) is 3.22. The van der Waals surface area contributed by atoms with Gasteiger partial charge in [-0.15, -0.1) is 0 Å². The molecular weight excluding hydrogens is 301 g/mol. The molecule has 1 saturated heterocycles. The number of ether oxygens (including phenoxy) is 1. The average Bonchev–Trinajstić information content (AvgIpc) is 3.07. The van der Waals surface area contributed by atoms with E-state index in [-0.39, 0.29) is 11.6 Å². The minimum atomic E-state index is -0.364. The van der Waals surface area contributed by atoms with Crippen LogP contribution < -0.4 is 4.90 Å². The van der Waals surface area contributed by atoms with E-state index < -0.39 is 0 Å². The lowest BCUT2D eigenvalue weighted by Gasteiger charge is -2.29. The Morgan fingerprint density at radius 2 is 2.09 bits per heavy atom. The van der Waals surface area contributed by atoms with Gasteiger partial charge in [-0.25, -0.2) is 4.39 Å². The van der Waals surface area contributed by atoms with E-state index in [2.05, 4.69) is 0 Å². The van der Waals surface area contributed by atoms with Gasteiger partial charge < -0.3 is 9.64 Å². The highest BCUT2D eigenvalue weighted by atomic mass is 32.1. The van der Waals surface area contributed by atoms with Gasteiger partial charge in [0.05, 0.1) is 18.9 Å². The second kappa shape index (κ2) is 6.85. The molecule has 0 atom stereocenters. The number of morpholine rings is 1. The lowest BCUT2D eigenvalue weighted by molar-refractivity contribution is 0.104. The highest BCUT2D eigenvalue weighted by Crippen LogP contribution is 2.22. The highest BCUT2D eigenvalue weighted by Gasteiger charge is 2.16. The van der Waals surface area contributed by atoms with Crippen LogP contribution in [0.5, 0.6) is 0 Å². The first-order chi connectivity index (χ1) is 10.7. The maximum Gasteiger partial charge on any atom is 0.185 e. The molecular formula is C17H16FNO2S. The zero-order valence-corrected chi connectivity index (χ0v) is 12.8. The van der Waals surface area contributed by atoms with Gasteiger partial charge in [-0.1, -0.05) is 6.08 Å². The number of benzene rings is 1. The van der Waals surface area contributed by atoms with Gasteiger partial charge in [0, 0.05) is 18.7 Å². The summed E-state index contributed by atoms with van der Waals surface area (Å²) in [5.74, 6) is -0.560. The first-order valence-corrected chi connectivity index (χ1v) is 8.05. The Kier molecular flexibility index (Phi) is 4.65. The minimum Gasteiger partial charge on any atom is -0.378 e. The molecule has 1 aromatic carbocycles. The van der Waals surface area contributed by atoms with Crippen molar-refractivity contribution in [3.63, 3.8) is 0 Å². The van der Waals surface area contributed by atoms with Gasteiger partial charge in [-0.2, -0.15) is 11.3 Å². The largest absolute Gasteiger partial charge is 0.378 e. The van der Waals surface area contributed by atoms with E-state index in [1.165, 1.54) is 12.1 Å². The lowest BCUT2D eigenvalue weighted by atomic mass is 10.1. The minimum absolute atomic E-state index is 0.196. The third-order valence-electron chi connectivity index (χ3n) is 3.55. The second-order valence-electron chi connectivity index (χ2n) is 5.02. The maximum absolute atomic E-state index is 14.3. The number of allylic oxidation sites excluding steroid dienone is 1. The maximum atomic E-state index is 14.3. The van der Waals surface area contributed by atoms with Crippen LogP contribution in [-0.4, -0.2) is 32.1 Å². The Morgan fingerprint density at radius 1 is 1.27 bits per heavy atom. The number of carbonyl (C=O) groups is 1. The zero-order valence-electron chi connectivity index (χ0n) is 12.0. The number of rotatable bonds is 4. The molecule has 114 valence electrons. The van der Waals surface area contributed by atoms with Crippen molar-refractivity contribution in [1.29, 1.82) is 0 Å². The van der Waals surface area contributed by atoms with Gasteiger partial charge in [0.15, 0.2) is 5.78 Å². The fourth-order valence-electron chi connectivity index (χ4n) is 2.36. The van der Waals surface area contributed by atoms with E-state index in [1.54, 1.807) is 29.5 Å². The van der Waals surface area contributed by atoms with Crippen LogP contribution in [-0.2, 0) is 4.74 Å². The van der Waals surface area contributed by atoms with Crippen LogP contribution in [0.1, 0.15) is 15.9 Å². The first-order valence-electron chi connectivity index (χ1n) is 7.11. The molecule has 1 fully saturated rings. The summed E-state index contributed by atoms with van der Waals surface area (Å²) in [6, 6.07) is 6.59. The fraction of sp³-hybridized carbons (Fsp3) is 0.235. The predicted molar refractivity (Wildman–Crippen MR) is 87.1 cm³/mol. The van der Waals surface area contributed by atoms with Crippen LogP contribution >= 0.6 is 11.3 Å². The molecule has 2 heterocycles. The van der Waals surface area contributed by atoms with Crippen molar-refractivity contribution in [2.24, 2.45) is 0 Å². The number of hydrogen-bond acceptors (Lipinski definition) is 4. The Bertz CT molecular complexity index is 676. The Morgan fingerprint density at radius 3 is 2.77 bits per heavy atom. The Balaban J connectivity index is 1.74. The standard InChI is InChI=1S/C17H16FNO2S/c18-15-11-14(17(20)4-1-13-5-10-22-12-13)2-3-16(15)19-6-8-21-9-7-19/h1-5,10-12H,6-9H2. The van der Waals surface area contributed by atoms with Crippen LogP contribution in [0.2, 0.25) is 0 Å². The number of anilines is 1. The van der Waals surface area contributed by atoms with Crippen LogP contribution in [0.15, 0.2) is 41.1 Å². The molecule has 1 aromatic heterocycles. The predicted octanol–water partition coefficient (Wildman–Crippen LogP) is 3.62. The molecule has 0 N–H and O–H groups in total. The summed E-state index contributed by atoms with van der Waals surface area (Å²) >= 11 is 1.57. The molecule has 1 aliphatic heterocycles. The quantitative estimate of drug-likeness (QED) is 0.637. The van der Waals surface area contributed by atoms with Crippen LogP contribution in [0.3, 0.4) is 0 Å². The molecule has 0 radical (unpaired) electrons. The summed E-state index contributed by atoms with van der Waals surface area (Å²) in [7, 11) is 0. The van der Waals surface area contributed by atoms with Gasteiger partial charge in [-0.05, 0) is 46.7 Å². The number of hydrogen-bond donors (Lipinski definition) is 0. The number of ketones is 1. The Hall–Kier alpha value is -1.98. The summed E-state index contributed by atoms with van der Waals surface area (Å²) in [5.41, 5.74) is 1.87. The van der Waals surface area contributed by atoms with E-state index >= 15 is 0 Å². The molecule has 5 heteroatoms. The first kappa shape index (κ1) is 14.9. The fourth-order valence-corrected chi connectivity index (χ4v) is 2.99. The van der Waals surface area contributed by atoms with Crippen LogP contribution in [0.4, 0.5) is 10.1 Å². The van der Waals surface area contributed by atoms with E-state index in [1.807, 2.05) is 21.7 Å². The zero-order chi connectivity index (χ0) is 15.4. The molecule has 1 aliphatic rings. The highest BCUT2D eigenvalue weighted by molar-refractivity contribution is 7.08. The molecule has 0 bridgehead atoms. The van der Waals surface area contributed by atoms with Crippen molar-refractivity contribution in [2.45, 2.75) is 0 Å². The van der Waals surface area contributed by atoms with Crippen molar-refractivity contribution < 1.29 is 13.9 Å². The lowest BCUT2D eigenvalue weighted by Crippen LogP contribution is -2.36. The average molecular weight is 317 g/mol. The van der Waals surface area contributed by atoms with Gasteiger partial charge in [-0.3, -0.25) is 4.79 Å². The number of nitrogens with zero attached hydrogens (tertiary/aromatic N) is 1. The molecule has 22 heavy (non-hydrogen) atoms. The van der Waals surface area contributed by atoms with E-state index in [0.29, 0.717) is 37.6 Å². The monoisotopic (exact) mass is 317 g/mol. The van der Waals surface area contributed by atoms with Crippen molar-refractivity contribution >= 4 is 28.9 Å². The van der Waals surface area contributed by atoms with Crippen molar-refractivity contribution in [3.8, 4) is 0 Å². The van der Waals surface area contributed by atoms with E-state index in [4.69, 9.17) is 4.74 Å². The third-order valence-corrected chi connectivity index (χ3v) is 4.26. The normalized spacial score (nSPS) is 15.4. The van der Waals surface area contributed by atoms with Gasteiger partial charge in [0.25, 0.3) is 0 Å². The molecule has 0 amide bonds. The second-order valence-corrected chi connectivity index (χ2v) is 5.80. The molecule has 2 aromatic rings. The summed E-state index contributed by atoms with van der Waals surface area (Å²) in [5, 5.41) is 3.90. The summed E-state index contributed by atoms with van der Waals surface area (Å²) in [4.78, 5) is 14.0. The van der Waals surface area contributed by atoms with Crippen molar-refractivity contribution in [2.75, 3.05) is 31.2 Å². The van der Waals surface area contributed by atoms with Crippen LogP contribution in [0.25, 0.3) is 6.08 Å². The SMILES string of the molecule is O=C(C=Cc1ccsc1)c1ccc(N2CCOCC2)c(F)c1. The smallest absolute Gasteiger partial charge is 0.185 e. The summed E-state index contributed by atoms with van der Waals surface area (Å²) in [6.45, 7) is 2.54. The topological polar surface area (TPSA) is 29.5 Å². The van der Waals surface area contributed by atoms with Gasteiger partial charge >= 0.3 is 0 Å². The summed E-state index contributed by atoms with van der Waals surface area (Å²) < 4.78 is 19.5. The molecule has 3 nitrogen and oxygen atoms in total. The molecule has 0 saturated carbocycles. The number of thiophene rings is 1. The molecule has 3 rings (SSSR count). The number of carbonyl (C=O) groups excluding carboxylic acids is 1.